The molecule has 0 radical (unpaired) electrons. The maximum atomic E-state index is 13.3. The summed E-state index contributed by atoms with van der Waals surface area (Å²) in [6.07, 6.45) is 1.66. The minimum atomic E-state index is -0.308. The van der Waals surface area contributed by atoms with E-state index in [4.69, 9.17) is 0 Å². The predicted octanol–water partition coefficient (Wildman–Crippen LogP) is 3.35. The molecule has 2 nitrogen and oxygen atoms in total. The summed E-state index contributed by atoms with van der Waals surface area (Å²) in [5.74, 6) is 0.235. The van der Waals surface area contributed by atoms with Gasteiger partial charge in [-0.25, -0.2) is 14.4 Å². The van der Waals surface area contributed by atoms with Crippen molar-refractivity contribution in [2.24, 2.45) is 0 Å². The molecule has 0 N–H and O–H groups in total. The van der Waals surface area contributed by atoms with Crippen molar-refractivity contribution in [3.8, 4) is 11.4 Å². The maximum Gasteiger partial charge on any atom is 0.159 e. The number of aryl methyl sites for hydroxylation is 1. The van der Waals surface area contributed by atoms with Gasteiger partial charge in [0.05, 0.1) is 4.47 Å². The van der Waals surface area contributed by atoms with E-state index in [0.29, 0.717) is 15.9 Å². The third-order valence-electron chi connectivity index (χ3n) is 1.97. The fraction of sp³-hybridized carbons (Fsp3) is 0.0909. The number of nitrogens with zero attached hydrogens (tertiary/aromatic N) is 2. The molecule has 0 unspecified atom stereocenters. The van der Waals surface area contributed by atoms with Crippen LogP contribution in [-0.4, -0.2) is 9.97 Å². The van der Waals surface area contributed by atoms with E-state index in [2.05, 4.69) is 25.9 Å². The van der Waals surface area contributed by atoms with Crippen LogP contribution in [0, 0.1) is 12.7 Å². The average molecular weight is 267 g/mol. The summed E-state index contributed by atoms with van der Waals surface area (Å²) in [6, 6.07) is 6.65. The first-order valence-corrected chi connectivity index (χ1v) is 5.21. The second kappa shape index (κ2) is 4.06. The molecular formula is C11H8BrFN2. The minimum absolute atomic E-state index is 0.308. The fourth-order valence-corrected chi connectivity index (χ4v) is 1.47. The van der Waals surface area contributed by atoms with Crippen LogP contribution in [0.2, 0.25) is 0 Å². The van der Waals surface area contributed by atoms with Gasteiger partial charge in [-0.05, 0) is 47.1 Å². The Morgan fingerprint density at radius 3 is 2.73 bits per heavy atom. The van der Waals surface area contributed by atoms with E-state index in [1.165, 1.54) is 6.07 Å². The quantitative estimate of drug-likeness (QED) is 0.791. The van der Waals surface area contributed by atoms with Gasteiger partial charge in [-0.3, -0.25) is 0 Å². The summed E-state index contributed by atoms with van der Waals surface area (Å²) < 4.78 is 13.7. The molecule has 2 rings (SSSR count). The molecule has 0 aliphatic heterocycles. The number of aromatic nitrogens is 2. The van der Waals surface area contributed by atoms with Gasteiger partial charge in [-0.1, -0.05) is 0 Å². The molecule has 0 saturated heterocycles. The summed E-state index contributed by atoms with van der Waals surface area (Å²) in [5, 5.41) is 0. The van der Waals surface area contributed by atoms with Gasteiger partial charge < -0.3 is 0 Å². The number of halogens is 2. The first-order chi connectivity index (χ1) is 7.16. The normalized spacial score (nSPS) is 10.3. The Labute approximate surface area is 95.3 Å². The number of hydrogen-bond acceptors (Lipinski definition) is 2. The Morgan fingerprint density at radius 1 is 1.27 bits per heavy atom. The Hall–Kier alpha value is -1.29. The van der Waals surface area contributed by atoms with Crippen molar-refractivity contribution in [3.05, 3.63) is 46.4 Å². The molecule has 0 amide bonds. The summed E-state index contributed by atoms with van der Waals surface area (Å²) in [7, 11) is 0. The summed E-state index contributed by atoms with van der Waals surface area (Å²) in [6.45, 7) is 1.88. The van der Waals surface area contributed by atoms with Gasteiger partial charge in [0.2, 0.25) is 0 Å². The molecule has 0 saturated carbocycles. The Morgan fingerprint density at radius 2 is 2.07 bits per heavy atom. The standard InChI is InChI=1S/C11H8BrFN2/c1-7-4-5-14-11(15-7)8-2-3-9(12)10(13)6-8/h2-6H,1H3. The largest absolute Gasteiger partial charge is 0.237 e. The van der Waals surface area contributed by atoms with Crippen molar-refractivity contribution in [3.63, 3.8) is 0 Å². The van der Waals surface area contributed by atoms with Crippen LogP contribution in [0.3, 0.4) is 0 Å². The molecule has 1 aromatic heterocycles. The highest BCUT2D eigenvalue weighted by Crippen LogP contribution is 2.21. The van der Waals surface area contributed by atoms with E-state index in [1.54, 1.807) is 24.4 Å². The molecule has 0 atom stereocenters. The maximum absolute atomic E-state index is 13.3. The zero-order chi connectivity index (χ0) is 10.8. The van der Waals surface area contributed by atoms with E-state index in [-0.39, 0.29) is 5.82 Å². The van der Waals surface area contributed by atoms with Gasteiger partial charge in [0, 0.05) is 17.5 Å². The SMILES string of the molecule is Cc1ccnc(-c2ccc(Br)c(F)c2)n1. The van der Waals surface area contributed by atoms with Crippen molar-refractivity contribution >= 4 is 15.9 Å². The smallest absolute Gasteiger partial charge is 0.159 e. The van der Waals surface area contributed by atoms with Crippen molar-refractivity contribution < 1.29 is 4.39 Å². The van der Waals surface area contributed by atoms with Gasteiger partial charge in [-0.2, -0.15) is 0 Å². The molecule has 4 heteroatoms. The number of rotatable bonds is 1. The summed E-state index contributed by atoms with van der Waals surface area (Å²) >= 11 is 3.10. The lowest BCUT2D eigenvalue weighted by molar-refractivity contribution is 0.621. The highest BCUT2D eigenvalue weighted by Gasteiger charge is 2.04. The lowest BCUT2D eigenvalue weighted by Gasteiger charge is -2.01. The fourth-order valence-electron chi connectivity index (χ4n) is 1.22. The second-order valence-corrected chi connectivity index (χ2v) is 4.00. The van der Waals surface area contributed by atoms with Crippen LogP contribution < -0.4 is 0 Å². The lowest BCUT2D eigenvalue weighted by atomic mass is 10.2. The van der Waals surface area contributed by atoms with Crippen LogP contribution in [0.25, 0.3) is 11.4 Å². The van der Waals surface area contributed by atoms with E-state index < -0.39 is 0 Å². The average Bonchev–Trinajstić information content (AvgIpc) is 2.22. The van der Waals surface area contributed by atoms with E-state index in [9.17, 15) is 4.39 Å². The molecule has 15 heavy (non-hydrogen) atoms. The second-order valence-electron chi connectivity index (χ2n) is 3.15. The first kappa shape index (κ1) is 10.2. The van der Waals surface area contributed by atoms with Crippen LogP contribution in [0.15, 0.2) is 34.9 Å². The van der Waals surface area contributed by atoms with Crippen LogP contribution in [-0.2, 0) is 0 Å². The predicted molar refractivity (Wildman–Crippen MR) is 59.9 cm³/mol. The monoisotopic (exact) mass is 266 g/mol. The Bertz CT molecular complexity index is 500. The Kier molecular flexibility index (Phi) is 2.77. The van der Waals surface area contributed by atoms with Crippen molar-refractivity contribution in [2.45, 2.75) is 6.92 Å². The van der Waals surface area contributed by atoms with E-state index >= 15 is 0 Å². The molecule has 0 bridgehead atoms. The van der Waals surface area contributed by atoms with Crippen molar-refractivity contribution in [1.82, 2.24) is 9.97 Å². The topological polar surface area (TPSA) is 25.8 Å². The van der Waals surface area contributed by atoms with Gasteiger partial charge in [0.1, 0.15) is 5.82 Å². The molecular weight excluding hydrogens is 259 g/mol. The molecule has 0 spiro atoms. The summed E-state index contributed by atoms with van der Waals surface area (Å²) in [5.41, 5.74) is 1.54. The number of benzene rings is 1. The molecule has 1 aromatic carbocycles. The van der Waals surface area contributed by atoms with Gasteiger partial charge in [-0.15, -0.1) is 0 Å². The molecule has 76 valence electrons. The van der Waals surface area contributed by atoms with E-state index in [0.717, 1.165) is 5.69 Å². The highest BCUT2D eigenvalue weighted by molar-refractivity contribution is 9.10. The third-order valence-corrected chi connectivity index (χ3v) is 2.62. The van der Waals surface area contributed by atoms with E-state index in [1.807, 2.05) is 6.92 Å². The zero-order valence-electron chi connectivity index (χ0n) is 8.04. The summed E-state index contributed by atoms with van der Waals surface area (Å²) in [4.78, 5) is 8.31. The minimum Gasteiger partial charge on any atom is -0.237 e. The van der Waals surface area contributed by atoms with Crippen LogP contribution >= 0.6 is 15.9 Å². The van der Waals surface area contributed by atoms with Crippen molar-refractivity contribution in [1.29, 1.82) is 0 Å². The molecule has 0 aliphatic carbocycles. The lowest BCUT2D eigenvalue weighted by Crippen LogP contribution is -1.91. The van der Waals surface area contributed by atoms with Crippen LogP contribution in [0.4, 0.5) is 4.39 Å². The van der Waals surface area contributed by atoms with Crippen molar-refractivity contribution in [2.75, 3.05) is 0 Å². The first-order valence-electron chi connectivity index (χ1n) is 4.42. The van der Waals surface area contributed by atoms with Crippen LogP contribution in [0.1, 0.15) is 5.69 Å². The molecule has 0 aliphatic rings. The molecule has 0 fully saturated rings. The number of hydrogen-bond donors (Lipinski definition) is 0. The van der Waals surface area contributed by atoms with Gasteiger partial charge in [0.25, 0.3) is 0 Å². The Balaban J connectivity index is 2.50. The molecule has 1 heterocycles. The van der Waals surface area contributed by atoms with Gasteiger partial charge in [0.15, 0.2) is 5.82 Å². The third kappa shape index (κ3) is 2.21. The highest BCUT2D eigenvalue weighted by atomic mass is 79.9. The molecule has 2 aromatic rings. The van der Waals surface area contributed by atoms with Gasteiger partial charge >= 0.3 is 0 Å². The zero-order valence-corrected chi connectivity index (χ0v) is 9.62. The van der Waals surface area contributed by atoms with Crippen LogP contribution in [0.5, 0.6) is 0 Å².